The molecule has 0 aliphatic carbocycles. The van der Waals surface area contributed by atoms with Crippen molar-refractivity contribution >= 4 is 84.2 Å². The topological polar surface area (TPSA) is 34.6 Å². The third kappa shape index (κ3) is 5.51. The number of aryl methyl sites for hydroxylation is 1. The second-order valence-corrected chi connectivity index (χ2v) is 16.4. The first-order valence-corrected chi connectivity index (χ1v) is 19.8. The van der Waals surface area contributed by atoms with E-state index in [9.17, 15) is 0 Å². The minimum Gasteiger partial charge on any atom is -0.417 e. The molecule has 0 fully saturated rings. The van der Waals surface area contributed by atoms with E-state index < -0.39 is 15.7 Å². The van der Waals surface area contributed by atoms with Gasteiger partial charge in [0.15, 0.2) is 0 Å². The molecule has 0 saturated heterocycles. The molecule has 6 bridgehead atoms. The Morgan fingerprint density at radius 2 is 0.792 bits per heavy atom. The lowest BCUT2D eigenvalue weighted by Gasteiger charge is -2.22. The lowest BCUT2D eigenvalue weighted by molar-refractivity contribution is 1.02. The highest BCUT2D eigenvalue weighted by molar-refractivity contribution is 6.38. The van der Waals surface area contributed by atoms with Crippen molar-refractivity contribution in [3.05, 3.63) is 222 Å². The first kappa shape index (κ1) is 32.5. The molecule has 252 valence electrons. The fraction of sp³-hybridized carbons (Fsp3) is 0.0222. The van der Waals surface area contributed by atoms with Crippen LogP contribution in [0.3, 0.4) is 0 Å². The maximum Gasteiger partial charge on any atom is 0.558 e. The van der Waals surface area contributed by atoms with Gasteiger partial charge < -0.3 is 7.10 Å². The molecule has 0 N–H and O–H groups in total. The van der Waals surface area contributed by atoms with Crippen molar-refractivity contribution in [2.75, 3.05) is 0 Å². The van der Waals surface area contributed by atoms with E-state index in [2.05, 4.69) is 123 Å². The molecular weight excluding hydrogens is 730 g/mol. The van der Waals surface area contributed by atoms with Crippen LogP contribution in [0.25, 0.3) is 22.3 Å². The molecule has 6 heterocycles. The Labute approximate surface area is 328 Å². The van der Waals surface area contributed by atoms with E-state index in [-0.39, 0.29) is 0 Å². The molecule has 0 saturated carbocycles. The van der Waals surface area contributed by atoms with Gasteiger partial charge in [-0.05, 0) is 114 Å². The van der Waals surface area contributed by atoms with Gasteiger partial charge in [-0.2, -0.15) is 0 Å². The number of aromatic nitrogens is 2. The third-order valence-electron chi connectivity index (χ3n) is 10.3. The van der Waals surface area contributed by atoms with Crippen molar-refractivity contribution in [1.29, 1.82) is 0 Å². The highest BCUT2D eigenvalue weighted by atomic mass is 35.5. The van der Waals surface area contributed by atoms with Gasteiger partial charge >= 0.3 is 15.7 Å². The summed E-state index contributed by atoms with van der Waals surface area (Å²) < 4.78 is 5.11. The van der Waals surface area contributed by atoms with E-state index >= 15 is 0 Å². The second-order valence-electron chi connectivity index (χ2n) is 13.5. The van der Waals surface area contributed by atoms with E-state index in [1.54, 1.807) is 0 Å². The van der Waals surface area contributed by atoms with E-state index in [0.29, 0.717) is 15.1 Å². The first-order valence-electron chi connectivity index (χ1n) is 17.4. The summed E-state index contributed by atoms with van der Waals surface area (Å²) in [6.45, 7) is 2.12. The van der Waals surface area contributed by atoms with Crippen molar-refractivity contribution in [2.24, 2.45) is 9.98 Å². The summed E-state index contributed by atoms with van der Waals surface area (Å²) in [5.74, 6) is 0. The van der Waals surface area contributed by atoms with Crippen LogP contribution >= 0.6 is 34.8 Å². The Balaban J connectivity index is 1.41. The molecule has 2 aromatic heterocycles. The SMILES string of the molecule is Cc1ccc(C2=c3ccc4[n]3[AlH][n]3c(ccc3C(c3ccc(Cl)cc3)=C3C=CC(=N3)C=4c3ccc(Cl)cc3)C(c3ccc(Cl)cc3)=C3C=CC2=N3)cc1. The normalized spacial score (nSPS) is 15.5. The highest BCUT2D eigenvalue weighted by Crippen LogP contribution is 2.39. The summed E-state index contributed by atoms with van der Waals surface area (Å²) in [6.07, 6.45) is 8.61. The van der Waals surface area contributed by atoms with Crippen molar-refractivity contribution in [2.45, 2.75) is 6.92 Å². The number of hydrogen-bond donors (Lipinski definition) is 0. The van der Waals surface area contributed by atoms with Crippen LogP contribution in [-0.4, -0.2) is 34.2 Å². The Morgan fingerprint density at radius 1 is 0.415 bits per heavy atom. The summed E-state index contributed by atoms with van der Waals surface area (Å²) in [7, 11) is 0. The summed E-state index contributed by atoms with van der Waals surface area (Å²) in [6, 6.07) is 42.1. The van der Waals surface area contributed by atoms with Crippen molar-refractivity contribution in [3.63, 3.8) is 0 Å². The molecule has 0 amide bonds. The molecule has 8 heteroatoms. The molecule has 10 rings (SSSR count). The van der Waals surface area contributed by atoms with Gasteiger partial charge in [0.05, 0.1) is 22.8 Å². The van der Waals surface area contributed by atoms with Gasteiger partial charge in [0.25, 0.3) is 0 Å². The molecule has 0 radical (unpaired) electrons. The maximum atomic E-state index is 6.46. The average molecular weight is 758 g/mol. The van der Waals surface area contributed by atoms with E-state index in [1.165, 1.54) is 5.56 Å². The van der Waals surface area contributed by atoms with Gasteiger partial charge in [0.2, 0.25) is 0 Å². The fourth-order valence-electron chi connectivity index (χ4n) is 7.81. The number of fused-ring (bicyclic) bond motifs is 2. The van der Waals surface area contributed by atoms with Crippen LogP contribution in [0, 0.1) is 6.92 Å². The van der Waals surface area contributed by atoms with Gasteiger partial charge in [0.1, 0.15) is 0 Å². The zero-order valence-corrected chi connectivity index (χ0v) is 32.2. The van der Waals surface area contributed by atoms with Crippen LogP contribution in [0.2, 0.25) is 15.1 Å². The largest absolute Gasteiger partial charge is 0.558 e. The van der Waals surface area contributed by atoms with Crippen molar-refractivity contribution in [1.82, 2.24) is 7.10 Å². The van der Waals surface area contributed by atoms with Crippen molar-refractivity contribution in [3.8, 4) is 0 Å². The lowest BCUT2D eigenvalue weighted by atomic mass is 9.99. The number of hydrogen-bond acceptors (Lipinski definition) is 2. The van der Waals surface area contributed by atoms with E-state index in [0.717, 1.165) is 89.4 Å². The lowest BCUT2D eigenvalue weighted by Crippen LogP contribution is -2.40. The third-order valence-corrected chi connectivity index (χ3v) is 13.0. The zero-order chi connectivity index (χ0) is 35.8. The average Bonchev–Trinajstić information content (AvgIpc) is 3.99. The molecule has 4 nitrogen and oxygen atoms in total. The van der Waals surface area contributed by atoms with Gasteiger partial charge in [0, 0.05) is 59.4 Å². The quantitative estimate of drug-likeness (QED) is 0.161. The zero-order valence-electron chi connectivity index (χ0n) is 28.5. The number of halogens is 3. The molecule has 6 aromatic rings. The monoisotopic (exact) mass is 756 g/mol. The number of benzene rings is 4. The van der Waals surface area contributed by atoms with Crippen LogP contribution < -0.4 is 10.7 Å². The Hall–Kier alpha value is -5.12. The molecule has 0 unspecified atom stereocenters. The maximum absolute atomic E-state index is 6.46. The molecule has 4 aliphatic heterocycles. The Kier molecular flexibility index (Phi) is 7.84. The summed E-state index contributed by atoms with van der Waals surface area (Å²) >= 11 is 18.0. The highest BCUT2D eigenvalue weighted by Gasteiger charge is 2.29. The van der Waals surface area contributed by atoms with Crippen LogP contribution in [0.5, 0.6) is 0 Å². The number of allylic oxidation sites excluding steroid dienone is 4. The van der Waals surface area contributed by atoms with Crippen LogP contribution in [0.4, 0.5) is 0 Å². The van der Waals surface area contributed by atoms with Crippen LogP contribution in [-0.2, 0) is 0 Å². The fourth-order valence-corrected chi connectivity index (χ4v) is 10.1. The number of rotatable bonds is 4. The predicted octanol–water partition coefficient (Wildman–Crippen LogP) is 9.19. The molecule has 0 spiro atoms. The van der Waals surface area contributed by atoms with Gasteiger partial charge in [-0.3, -0.25) is 0 Å². The van der Waals surface area contributed by atoms with Gasteiger partial charge in [-0.15, -0.1) is 0 Å². The van der Waals surface area contributed by atoms with Gasteiger partial charge in [-0.25, -0.2) is 9.98 Å². The summed E-state index contributed by atoms with van der Waals surface area (Å²) in [4.78, 5) is 10.9. The molecule has 4 aliphatic rings. The number of aliphatic imine (C=N–C) groups is 2. The van der Waals surface area contributed by atoms with Gasteiger partial charge in [-0.1, -0.05) is 101 Å². The van der Waals surface area contributed by atoms with E-state index in [1.807, 2.05) is 36.4 Å². The Morgan fingerprint density at radius 3 is 1.21 bits per heavy atom. The minimum atomic E-state index is -1.39. The molecule has 0 atom stereocenters. The number of nitrogens with zero attached hydrogens (tertiary/aromatic N) is 4. The predicted molar refractivity (Wildman–Crippen MR) is 222 cm³/mol. The molecule has 4 aromatic carbocycles. The van der Waals surface area contributed by atoms with Crippen molar-refractivity contribution < 1.29 is 0 Å². The second kappa shape index (κ2) is 12.8. The minimum absolute atomic E-state index is 0.688. The molecular formula is C45H28AlCl3N4. The summed E-state index contributed by atoms with van der Waals surface area (Å²) in [5.41, 5.74) is 15.5. The first-order chi connectivity index (χ1) is 25.9. The van der Waals surface area contributed by atoms with Crippen LogP contribution in [0.15, 0.2) is 167 Å². The Bertz CT molecular complexity index is 2650. The molecule has 53 heavy (non-hydrogen) atoms. The summed E-state index contributed by atoms with van der Waals surface area (Å²) in [5, 5.41) is 4.29. The van der Waals surface area contributed by atoms with E-state index in [4.69, 9.17) is 44.8 Å². The van der Waals surface area contributed by atoms with Crippen LogP contribution in [0.1, 0.15) is 39.2 Å². The smallest absolute Gasteiger partial charge is 0.417 e. The standard InChI is InChI=1S/C45H27Cl3N4.Al.H/c1-26-2-4-27(5-3-26)42-34-18-20-36(49-34)43(28-6-12-31(46)13-7-28)38-22-24-40(51-38)45(30-10-16-33(48)17-11-30)41-25-23-39(52-41)44(37-21-19-35(42)50-37)29-8-14-32(47)15-9-29;;/h2-25H,1H3;;/q-2;+2;.